The van der Waals surface area contributed by atoms with Crippen LogP contribution in [0.3, 0.4) is 0 Å². The van der Waals surface area contributed by atoms with Gasteiger partial charge in [0.15, 0.2) is 0 Å². The molecule has 0 aliphatic carbocycles. The Morgan fingerprint density at radius 2 is 1.36 bits per heavy atom. The van der Waals surface area contributed by atoms with Gasteiger partial charge in [-0.3, -0.25) is 0 Å². The molecule has 0 atom stereocenters. The summed E-state index contributed by atoms with van der Waals surface area (Å²) in [6.45, 7) is 6.43. The quantitative estimate of drug-likeness (QED) is 0.246. The molecule has 3 aromatic rings. The number of para-hydroxylation sites is 1. The maximum absolute atomic E-state index is 6.88. The maximum atomic E-state index is 6.88. The molecule has 0 aliphatic heterocycles. The van der Waals surface area contributed by atoms with Crippen LogP contribution < -0.4 is 20.9 Å². The molecule has 176 valence electrons. The van der Waals surface area contributed by atoms with Crippen LogP contribution >= 0.6 is 0 Å². The molecule has 3 aromatic carbocycles. The first kappa shape index (κ1) is 25.5. The third-order valence-corrected chi connectivity index (χ3v) is 5.24. The largest absolute Gasteiger partial charge is 0.388 e. The number of nitrogens with zero attached hydrogens (tertiary/aromatic N) is 1. The Hall–Kier alpha value is -3.73. The Morgan fingerprint density at radius 3 is 1.91 bits per heavy atom. The topological polar surface area (TPSA) is 63.2 Å². The van der Waals surface area contributed by atoms with E-state index in [-0.39, 0.29) is 1.43 Å². The fourth-order valence-electron chi connectivity index (χ4n) is 3.36. The molecule has 3 rings (SSSR count). The van der Waals surface area contributed by atoms with E-state index in [0.29, 0.717) is 6.42 Å². The molecule has 5 heteroatoms. The maximum Gasteiger partial charge on any atom is 0.0411 e. The van der Waals surface area contributed by atoms with Gasteiger partial charge in [0.05, 0.1) is 0 Å². The number of allylic oxidation sites excluding steroid dienone is 1. The Morgan fingerprint density at radius 1 is 0.788 bits per heavy atom. The van der Waals surface area contributed by atoms with Crippen molar-refractivity contribution in [3.63, 3.8) is 0 Å². The lowest BCUT2D eigenvalue weighted by Crippen LogP contribution is -2.21. The van der Waals surface area contributed by atoms with E-state index in [4.69, 9.17) is 5.41 Å². The smallest absolute Gasteiger partial charge is 0.0411 e. The molecular weight excluding hydrogens is 406 g/mol. The number of anilines is 5. The van der Waals surface area contributed by atoms with Gasteiger partial charge in [-0.05, 0) is 80.2 Å². The third-order valence-electron chi connectivity index (χ3n) is 5.24. The van der Waals surface area contributed by atoms with Crippen molar-refractivity contribution in [1.29, 1.82) is 5.41 Å². The highest BCUT2D eigenvalue weighted by atomic mass is 15.1. The zero-order chi connectivity index (χ0) is 23.9. The lowest BCUT2D eigenvalue weighted by Gasteiger charge is -2.21. The number of rotatable bonds is 10. The van der Waals surface area contributed by atoms with Gasteiger partial charge in [-0.2, -0.15) is 0 Å². The van der Waals surface area contributed by atoms with Gasteiger partial charge in [-0.15, -0.1) is 0 Å². The normalized spacial score (nSPS) is 10.2. The average Bonchev–Trinajstić information content (AvgIpc) is 2.87. The highest BCUT2D eigenvalue weighted by Crippen LogP contribution is 2.22. The van der Waals surface area contributed by atoms with Crippen molar-refractivity contribution in [3.8, 4) is 0 Å². The van der Waals surface area contributed by atoms with Gasteiger partial charge in [0.25, 0.3) is 0 Å². The van der Waals surface area contributed by atoms with E-state index < -0.39 is 0 Å². The zero-order valence-corrected chi connectivity index (χ0v) is 20.2. The Kier molecular flexibility index (Phi) is 11.1. The van der Waals surface area contributed by atoms with Gasteiger partial charge in [0.1, 0.15) is 0 Å². The molecule has 4 N–H and O–H groups in total. The lowest BCUT2D eigenvalue weighted by molar-refractivity contribution is 0.866. The SMILES string of the molecule is CCN(CC)c1ccc(Nc2ccc(NC)cc2)cc1.CNc1ccccc1/C=C\CC=N.[HH]. The minimum atomic E-state index is 0. The fraction of sp³-hybridized carbons (Fsp3) is 0.250. The second-order valence-corrected chi connectivity index (χ2v) is 7.35. The molecular formula is C28H39N5. The minimum Gasteiger partial charge on any atom is -0.388 e. The third kappa shape index (κ3) is 8.37. The van der Waals surface area contributed by atoms with Crippen molar-refractivity contribution in [3.05, 3.63) is 84.4 Å². The van der Waals surface area contributed by atoms with Crippen LogP contribution in [0.15, 0.2) is 78.9 Å². The number of nitrogens with one attached hydrogen (secondary N) is 4. The molecule has 0 fully saturated rings. The summed E-state index contributed by atoms with van der Waals surface area (Å²) in [5.74, 6) is 0. The number of benzene rings is 3. The van der Waals surface area contributed by atoms with Crippen molar-refractivity contribution in [1.82, 2.24) is 0 Å². The van der Waals surface area contributed by atoms with Crippen molar-refractivity contribution in [2.45, 2.75) is 20.3 Å². The van der Waals surface area contributed by atoms with Crippen molar-refractivity contribution in [2.24, 2.45) is 0 Å². The molecule has 0 aliphatic rings. The molecule has 0 radical (unpaired) electrons. The van der Waals surface area contributed by atoms with Crippen LogP contribution in [0.25, 0.3) is 6.08 Å². The first-order valence-corrected chi connectivity index (χ1v) is 11.5. The Balaban J connectivity index is 0.000000360. The van der Waals surface area contributed by atoms with Crippen LogP contribution in [-0.2, 0) is 0 Å². The van der Waals surface area contributed by atoms with Crippen LogP contribution in [0.2, 0.25) is 0 Å². The van der Waals surface area contributed by atoms with Crippen LogP contribution in [0.5, 0.6) is 0 Å². The van der Waals surface area contributed by atoms with Gasteiger partial charge in [0, 0.05) is 63.5 Å². The van der Waals surface area contributed by atoms with Gasteiger partial charge in [0.2, 0.25) is 0 Å². The van der Waals surface area contributed by atoms with Crippen molar-refractivity contribution in [2.75, 3.05) is 48.0 Å². The molecule has 5 nitrogen and oxygen atoms in total. The molecule has 33 heavy (non-hydrogen) atoms. The highest BCUT2D eigenvalue weighted by molar-refractivity contribution is 5.68. The molecule has 0 spiro atoms. The van der Waals surface area contributed by atoms with Crippen LogP contribution in [0.1, 0.15) is 27.3 Å². The second kappa shape index (κ2) is 14.4. The lowest BCUT2D eigenvalue weighted by atomic mass is 10.1. The summed E-state index contributed by atoms with van der Waals surface area (Å²) in [4.78, 5) is 2.34. The van der Waals surface area contributed by atoms with Crippen molar-refractivity contribution >= 4 is 40.7 Å². The van der Waals surface area contributed by atoms with E-state index in [1.165, 1.54) is 11.9 Å². The van der Waals surface area contributed by atoms with Gasteiger partial charge >= 0.3 is 0 Å². The predicted octanol–water partition coefficient (Wildman–Crippen LogP) is 7.35. The average molecular weight is 446 g/mol. The van der Waals surface area contributed by atoms with Gasteiger partial charge in [-0.25, -0.2) is 0 Å². The van der Waals surface area contributed by atoms with E-state index in [1.54, 1.807) is 0 Å². The van der Waals surface area contributed by atoms with Gasteiger partial charge in [-0.1, -0.05) is 30.4 Å². The van der Waals surface area contributed by atoms with Crippen molar-refractivity contribution < 1.29 is 1.43 Å². The molecule has 0 unspecified atom stereocenters. The standard InChI is InChI=1S/C17H23N3.C11H14N2.H2/c1-4-20(5-2)17-12-10-16(11-13-17)19-15-8-6-14(18-3)7-9-15;1-13-11-8-3-2-6-10(11)7-4-5-9-12;/h6-13,18-19H,4-5H2,1-3H3;2-4,6-9,12-13H,5H2,1H3;1H/b;7-4-,12-9?;. The summed E-state index contributed by atoms with van der Waals surface area (Å²) in [7, 11) is 3.83. The fourth-order valence-corrected chi connectivity index (χ4v) is 3.36. The summed E-state index contributed by atoms with van der Waals surface area (Å²) in [6, 6.07) is 24.9. The summed E-state index contributed by atoms with van der Waals surface area (Å²) in [6.07, 6.45) is 6.08. The summed E-state index contributed by atoms with van der Waals surface area (Å²) < 4.78 is 0. The van der Waals surface area contributed by atoms with Crippen LogP contribution in [0, 0.1) is 5.41 Å². The van der Waals surface area contributed by atoms with E-state index in [0.717, 1.165) is 41.4 Å². The Labute approximate surface area is 200 Å². The second-order valence-electron chi connectivity index (χ2n) is 7.35. The van der Waals surface area contributed by atoms with E-state index in [9.17, 15) is 0 Å². The van der Waals surface area contributed by atoms with Crippen LogP contribution in [-0.4, -0.2) is 33.4 Å². The van der Waals surface area contributed by atoms with Crippen LogP contribution in [0.4, 0.5) is 28.4 Å². The molecule has 0 saturated carbocycles. The summed E-state index contributed by atoms with van der Waals surface area (Å²) in [5.41, 5.74) is 6.87. The Bertz CT molecular complexity index is 980. The molecule has 0 saturated heterocycles. The first-order valence-electron chi connectivity index (χ1n) is 11.5. The molecule has 0 bridgehead atoms. The molecule has 0 amide bonds. The summed E-state index contributed by atoms with van der Waals surface area (Å²) in [5, 5.41) is 16.5. The highest BCUT2D eigenvalue weighted by Gasteiger charge is 2.01. The number of hydrogen-bond acceptors (Lipinski definition) is 5. The minimum absolute atomic E-state index is 0. The predicted molar refractivity (Wildman–Crippen MR) is 150 cm³/mol. The zero-order valence-electron chi connectivity index (χ0n) is 20.2. The monoisotopic (exact) mass is 445 g/mol. The van der Waals surface area contributed by atoms with E-state index in [1.807, 2.05) is 50.5 Å². The first-order chi connectivity index (χ1) is 16.1. The summed E-state index contributed by atoms with van der Waals surface area (Å²) >= 11 is 0. The van der Waals surface area contributed by atoms with Gasteiger partial charge < -0.3 is 26.3 Å². The van der Waals surface area contributed by atoms with E-state index >= 15 is 0 Å². The molecule has 0 heterocycles. The number of hydrogen-bond donors (Lipinski definition) is 4. The van der Waals surface area contributed by atoms with E-state index in [2.05, 4.69) is 83.2 Å². The molecule has 0 aromatic heterocycles.